The van der Waals surface area contributed by atoms with Crippen molar-refractivity contribution >= 4 is 27.7 Å². The molecule has 0 atom stereocenters. The maximum Gasteiger partial charge on any atom is 0.276 e. The van der Waals surface area contributed by atoms with Gasteiger partial charge in [0.1, 0.15) is 5.82 Å². The van der Waals surface area contributed by atoms with E-state index >= 15 is 0 Å². The number of nitrogens with one attached hydrogen (secondary N) is 1. The van der Waals surface area contributed by atoms with Crippen molar-refractivity contribution < 1.29 is 13.3 Å². The predicted octanol–water partition coefficient (Wildman–Crippen LogP) is 3.31. The highest BCUT2D eigenvalue weighted by molar-refractivity contribution is 7.89. The smallest absolute Gasteiger partial charge is 0.276 e. The molecule has 2 aromatic carbocycles. The van der Waals surface area contributed by atoms with Gasteiger partial charge in [0, 0.05) is 24.7 Å². The summed E-state index contributed by atoms with van der Waals surface area (Å²) < 4.78 is 27.2. The first-order valence-electron chi connectivity index (χ1n) is 10.5. The topological polar surface area (TPSA) is 123 Å². The maximum atomic E-state index is 12.7. The van der Waals surface area contributed by atoms with Gasteiger partial charge in [0.2, 0.25) is 0 Å². The van der Waals surface area contributed by atoms with Crippen molar-refractivity contribution in [2.75, 3.05) is 18.0 Å². The minimum atomic E-state index is -4.09. The Morgan fingerprint density at radius 3 is 2.48 bits per heavy atom. The summed E-state index contributed by atoms with van der Waals surface area (Å²) in [4.78, 5) is 14.7. The second-order valence-corrected chi connectivity index (χ2v) is 9.48. The fourth-order valence-electron chi connectivity index (χ4n) is 3.83. The van der Waals surface area contributed by atoms with Gasteiger partial charge >= 0.3 is 0 Å². The van der Waals surface area contributed by atoms with Crippen molar-refractivity contribution in [2.45, 2.75) is 31.6 Å². The van der Waals surface area contributed by atoms with Crippen LogP contribution in [0, 0.1) is 24.0 Å². The second kappa shape index (κ2) is 9.02. The summed E-state index contributed by atoms with van der Waals surface area (Å²) >= 11 is 0. The van der Waals surface area contributed by atoms with E-state index < -0.39 is 14.9 Å². The molecule has 2 heterocycles. The van der Waals surface area contributed by atoms with Crippen LogP contribution in [0.25, 0.3) is 5.69 Å². The van der Waals surface area contributed by atoms with Gasteiger partial charge in [0.15, 0.2) is 0 Å². The second-order valence-electron chi connectivity index (χ2n) is 7.82. The molecule has 0 spiro atoms. The van der Waals surface area contributed by atoms with E-state index in [1.807, 2.05) is 41.9 Å². The number of aryl methyl sites for hydroxylation is 2. The zero-order valence-electron chi connectivity index (χ0n) is 18.3. The molecular formula is C22H24N6O4S. The third-order valence-corrected chi connectivity index (χ3v) is 6.76. The molecule has 0 aliphatic carbocycles. The summed E-state index contributed by atoms with van der Waals surface area (Å²) in [5.41, 5.74) is 2.42. The van der Waals surface area contributed by atoms with Crippen LogP contribution in [-0.4, -0.2) is 42.4 Å². The van der Waals surface area contributed by atoms with Crippen molar-refractivity contribution in [3.05, 3.63) is 75.5 Å². The first kappa shape index (κ1) is 22.5. The van der Waals surface area contributed by atoms with Gasteiger partial charge in [0.25, 0.3) is 15.7 Å². The fraction of sp³-hybridized carbons (Fsp3) is 0.273. The van der Waals surface area contributed by atoms with Gasteiger partial charge in [-0.15, -0.1) is 0 Å². The van der Waals surface area contributed by atoms with Gasteiger partial charge in [-0.05, 0) is 44.9 Å². The Morgan fingerprint density at radius 1 is 1.12 bits per heavy atom. The highest BCUT2D eigenvalue weighted by Crippen LogP contribution is 2.29. The summed E-state index contributed by atoms with van der Waals surface area (Å²) in [6.45, 7) is 5.14. The molecule has 0 amide bonds. The average molecular weight is 469 g/mol. The molecule has 1 fully saturated rings. The lowest BCUT2D eigenvalue weighted by Gasteiger charge is -2.20. The van der Waals surface area contributed by atoms with Crippen LogP contribution in [-0.2, 0) is 10.0 Å². The molecule has 3 aromatic rings. The molecule has 1 aliphatic rings. The average Bonchev–Trinajstić information content (AvgIpc) is 3.42. The van der Waals surface area contributed by atoms with E-state index in [1.54, 1.807) is 6.92 Å². The zero-order chi connectivity index (χ0) is 23.6. The summed E-state index contributed by atoms with van der Waals surface area (Å²) in [6, 6.07) is 13.5. The number of benzene rings is 2. The predicted molar refractivity (Wildman–Crippen MR) is 125 cm³/mol. The van der Waals surface area contributed by atoms with Crippen LogP contribution in [0.5, 0.6) is 0 Å². The first-order valence-corrected chi connectivity index (χ1v) is 12.0. The molecule has 4 rings (SSSR count). The highest BCUT2D eigenvalue weighted by atomic mass is 32.2. The van der Waals surface area contributed by atoms with Crippen LogP contribution >= 0.6 is 0 Å². The van der Waals surface area contributed by atoms with E-state index in [9.17, 15) is 18.5 Å². The van der Waals surface area contributed by atoms with Crippen LogP contribution in [0.15, 0.2) is 58.5 Å². The van der Waals surface area contributed by atoms with E-state index in [-0.39, 0.29) is 10.6 Å². The zero-order valence-corrected chi connectivity index (χ0v) is 19.1. The number of aromatic nitrogens is 2. The molecular weight excluding hydrogens is 444 g/mol. The summed E-state index contributed by atoms with van der Waals surface area (Å²) in [5.74, 6) is 0.852. The lowest BCUT2D eigenvalue weighted by molar-refractivity contribution is -0.385. The summed E-state index contributed by atoms with van der Waals surface area (Å²) in [5, 5.41) is 19.8. The number of anilines is 1. The molecule has 1 saturated heterocycles. The van der Waals surface area contributed by atoms with E-state index in [4.69, 9.17) is 0 Å². The minimum absolute atomic E-state index is 0.228. The summed E-state index contributed by atoms with van der Waals surface area (Å²) in [6.07, 6.45) is 3.57. The van der Waals surface area contributed by atoms with E-state index in [2.05, 4.69) is 19.9 Å². The largest absolute Gasteiger partial charge is 0.356 e. The van der Waals surface area contributed by atoms with Gasteiger partial charge in [-0.3, -0.25) is 10.1 Å². The van der Waals surface area contributed by atoms with Gasteiger partial charge in [0.05, 0.1) is 33.0 Å². The maximum absolute atomic E-state index is 12.7. The lowest BCUT2D eigenvalue weighted by atomic mass is 10.2. The van der Waals surface area contributed by atoms with E-state index in [0.29, 0.717) is 16.8 Å². The van der Waals surface area contributed by atoms with Crippen molar-refractivity contribution in [1.82, 2.24) is 14.6 Å². The number of hydrazone groups is 1. The van der Waals surface area contributed by atoms with Crippen LogP contribution in [0.3, 0.4) is 0 Å². The Hall–Kier alpha value is -3.73. The molecule has 0 radical (unpaired) electrons. The molecule has 172 valence electrons. The molecule has 0 bridgehead atoms. The number of nitro benzene ring substituents is 1. The van der Waals surface area contributed by atoms with Crippen molar-refractivity contribution in [3.63, 3.8) is 0 Å². The number of nitro groups is 1. The Labute approximate surface area is 191 Å². The number of hydrogen-bond acceptors (Lipinski definition) is 7. The van der Waals surface area contributed by atoms with Gasteiger partial charge in [-0.1, -0.05) is 24.3 Å². The standard InChI is InChI=1S/C22H24N6O4S/c1-16-10-11-19(14-21(16)28(29)30)33(31,32)25-23-15-20-17(2)24-27(18-8-4-3-5-9-18)22(20)26-12-6-7-13-26/h3-5,8-11,14-15,25H,6-7,12-13H2,1-2H3/b23-15+. The normalized spacial score (nSPS) is 14.2. The number of sulfonamides is 1. The summed E-state index contributed by atoms with van der Waals surface area (Å²) in [7, 11) is -4.09. The quantitative estimate of drug-likeness (QED) is 0.322. The fourth-order valence-corrected chi connectivity index (χ4v) is 4.64. The number of rotatable bonds is 7. The number of para-hydroxylation sites is 1. The van der Waals surface area contributed by atoms with Crippen LogP contribution in [0.1, 0.15) is 29.7 Å². The first-order chi connectivity index (χ1) is 15.8. The van der Waals surface area contributed by atoms with E-state index in [0.717, 1.165) is 43.5 Å². The van der Waals surface area contributed by atoms with Crippen molar-refractivity contribution in [1.29, 1.82) is 0 Å². The van der Waals surface area contributed by atoms with Crippen LogP contribution < -0.4 is 9.73 Å². The van der Waals surface area contributed by atoms with E-state index in [1.165, 1.54) is 18.3 Å². The van der Waals surface area contributed by atoms with Gasteiger partial charge in [-0.25, -0.2) is 9.51 Å². The molecule has 1 N–H and O–H groups in total. The molecule has 10 nitrogen and oxygen atoms in total. The Kier molecular flexibility index (Phi) is 6.14. The third-order valence-electron chi connectivity index (χ3n) is 5.54. The molecule has 33 heavy (non-hydrogen) atoms. The van der Waals surface area contributed by atoms with Crippen LogP contribution in [0.4, 0.5) is 11.5 Å². The number of hydrogen-bond donors (Lipinski definition) is 1. The lowest BCUT2D eigenvalue weighted by Crippen LogP contribution is -2.23. The van der Waals surface area contributed by atoms with Crippen molar-refractivity contribution in [2.24, 2.45) is 5.10 Å². The Balaban J connectivity index is 1.66. The Morgan fingerprint density at radius 2 is 1.82 bits per heavy atom. The highest BCUT2D eigenvalue weighted by Gasteiger charge is 2.24. The monoisotopic (exact) mass is 468 g/mol. The third kappa shape index (κ3) is 4.58. The van der Waals surface area contributed by atoms with Crippen molar-refractivity contribution in [3.8, 4) is 5.69 Å². The number of nitrogens with zero attached hydrogens (tertiary/aromatic N) is 5. The van der Waals surface area contributed by atoms with Crippen LogP contribution in [0.2, 0.25) is 0 Å². The minimum Gasteiger partial charge on any atom is -0.356 e. The molecule has 0 unspecified atom stereocenters. The molecule has 1 aliphatic heterocycles. The molecule has 0 saturated carbocycles. The Bertz CT molecular complexity index is 1310. The SMILES string of the molecule is Cc1ccc(S(=O)(=O)N/N=C/c2c(C)nn(-c3ccccc3)c2N2CCCC2)cc1[N+](=O)[O-]. The molecule has 1 aromatic heterocycles. The van der Waals surface area contributed by atoms with Gasteiger partial charge in [-0.2, -0.15) is 18.6 Å². The molecule has 11 heteroatoms. The van der Waals surface area contributed by atoms with Gasteiger partial charge < -0.3 is 4.90 Å².